The molecular formula is C24H37N5O2. The summed E-state index contributed by atoms with van der Waals surface area (Å²) in [5, 5.41) is 21.5. The second-order valence-corrected chi connectivity index (χ2v) is 8.64. The Hall–Kier alpha value is -2.28. The minimum Gasteiger partial charge on any atom is -0.481 e. The largest absolute Gasteiger partial charge is 0.481 e. The first-order chi connectivity index (χ1) is 15.3. The van der Waals surface area contributed by atoms with Crippen LogP contribution in [-0.2, 0) is 11.3 Å². The van der Waals surface area contributed by atoms with Crippen molar-refractivity contribution in [1.29, 1.82) is 0 Å². The van der Waals surface area contributed by atoms with Gasteiger partial charge in [-0.05, 0) is 54.8 Å². The number of carbonyl (C=O) groups is 1. The third-order valence-corrected chi connectivity index (χ3v) is 6.19. The molecule has 0 aliphatic carbocycles. The van der Waals surface area contributed by atoms with Gasteiger partial charge in [0.1, 0.15) is 0 Å². The first-order valence-electron chi connectivity index (χ1n) is 12.0. The maximum atomic E-state index is 10.5. The van der Waals surface area contributed by atoms with E-state index < -0.39 is 5.97 Å². The predicted molar refractivity (Wildman–Crippen MR) is 121 cm³/mol. The lowest BCUT2D eigenvalue weighted by Crippen LogP contribution is -2.36. The lowest BCUT2D eigenvalue weighted by Gasteiger charge is -2.34. The number of carboxylic acids is 1. The first-order valence-corrected chi connectivity index (χ1v) is 12.0. The Morgan fingerprint density at radius 3 is 2.23 bits per heavy atom. The zero-order chi connectivity index (χ0) is 21.7. The molecule has 1 fully saturated rings. The maximum absolute atomic E-state index is 10.5. The van der Waals surface area contributed by atoms with Crippen molar-refractivity contribution in [3.8, 4) is 0 Å². The topological polar surface area (TPSA) is 84.1 Å². The van der Waals surface area contributed by atoms with Gasteiger partial charge in [-0.2, -0.15) is 0 Å². The molecule has 2 aromatic rings. The van der Waals surface area contributed by atoms with Crippen molar-refractivity contribution < 1.29 is 9.90 Å². The summed E-state index contributed by atoms with van der Waals surface area (Å²) in [6, 6.07) is 10.8. The van der Waals surface area contributed by atoms with Gasteiger partial charge in [0.2, 0.25) is 0 Å². The maximum Gasteiger partial charge on any atom is 0.303 e. The molecule has 1 aromatic carbocycles. The molecule has 7 nitrogen and oxygen atoms in total. The van der Waals surface area contributed by atoms with E-state index in [-0.39, 0.29) is 6.04 Å². The van der Waals surface area contributed by atoms with Gasteiger partial charge in [0.05, 0.1) is 6.04 Å². The standard InChI is InChI=1S/C24H37N5O2/c30-22(31)17-11-5-3-1-2-4-6-14-20-29-24(25-26-27-29)23(21-15-9-7-10-16-21)28-18-12-8-13-19-28/h7,9-10,15-16,23H,1-6,8,11-14,17-20H2,(H,30,31). The van der Waals surface area contributed by atoms with Crippen molar-refractivity contribution in [2.45, 2.75) is 89.6 Å². The van der Waals surface area contributed by atoms with Gasteiger partial charge in [0.25, 0.3) is 0 Å². The van der Waals surface area contributed by atoms with Crippen LogP contribution >= 0.6 is 0 Å². The highest BCUT2D eigenvalue weighted by atomic mass is 16.4. The van der Waals surface area contributed by atoms with Gasteiger partial charge >= 0.3 is 5.97 Å². The molecule has 170 valence electrons. The van der Waals surface area contributed by atoms with E-state index in [2.05, 4.69) is 50.8 Å². The molecule has 0 amide bonds. The Labute approximate surface area is 185 Å². The zero-order valence-electron chi connectivity index (χ0n) is 18.7. The molecule has 0 radical (unpaired) electrons. The molecule has 1 unspecified atom stereocenters. The Morgan fingerprint density at radius 2 is 1.55 bits per heavy atom. The number of piperidine rings is 1. The smallest absolute Gasteiger partial charge is 0.303 e. The molecule has 3 rings (SSSR count). The molecule has 7 heteroatoms. The van der Waals surface area contributed by atoms with Gasteiger partial charge in [-0.15, -0.1) is 5.10 Å². The number of hydrogen-bond donors (Lipinski definition) is 1. The second-order valence-electron chi connectivity index (χ2n) is 8.64. The number of aliphatic carboxylic acids is 1. The Balaban J connectivity index is 1.46. The summed E-state index contributed by atoms with van der Waals surface area (Å²) >= 11 is 0. The second kappa shape index (κ2) is 13.2. The van der Waals surface area contributed by atoms with Gasteiger partial charge in [0.15, 0.2) is 5.82 Å². The predicted octanol–water partition coefficient (Wildman–Crippen LogP) is 4.84. The van der Waals surface area contributed by atoms with E-state index in [9.17, 15) is 4.79 Å². The van der Waals surface area contributed by atoms with Gasteiger partial charge in [0, 0.05) is 13.0 Å². The van der Waals surface area contributed by atoms with Crippen molar-refractivity contribution in [2.75, 3.05) is 13.1 Å². The van der Waals surface area contributed by atoms with Gasteiger partial charge in [-0.1, -0.05) is 75.3 Å². The number of tetrazole rings is 1. The molecule has 31 heavy (non-hydrogen) atoms. The van der Waals surface area contributed by atoms with Gasteiger partial charge in [-0.3, -0.25) is 9.69 Å². The molecule has 1 aromatic heterocycles. The lowest BCUT2D eigenvalue weighted by molar-refractivity contribution is -0.137. The van der Waals surface area contributed by atoms with Crippen molar-refractivity contribution in [2.24, 2.45) is 0 Å². The highest BCUT2D eigenvalue weighted by molar-refractivity contribution is 5.66. The van der Waals surface area contributed by atoms with E-state index in [1.807, 2.05) is 4.68 Å². The number of unbranched alkanes of at least 4 members (excludes halogenated alkanes) is 7. The van der Waals surface area contributed by atoms with E-state index in [1.54, 1.807) is 0 Å². The first kappa shape index (κ1) is 23.4. The van der Waals surface area contributed by atoms with Crippen LogP contribution in [-0.4, -0.2) is 49.3 Å². The summed E-state index contributed by atoms with van der Waals surface area (Å²) in [4.78, 5) is 13.1. The van der Waals surface area contributed by atoms with Crippen LogP contribution in [0, 0.1) is 0 Å². The number of carboxylic acid groups (broad SMARTS) is 1. The third kappa shape index (κ3) is 7.73. The molecule has 1 aliphatic rings. The summed E-state index contributed by atoms with van der Waals surface area (Å²) < 4.78 is 2.01. The fraction of sp³-hybridized carbons (Fsp3) is 0.667. The van der Waals surface area contributed by atoms with Crippen molar-refractivity contribution in [3.05, 3.63) is 41.7 Å². The number of rotatable bonds is 14. The van der Waals surface area contributed by atoms with E-state index in [0.717, 1.165) is 51.1 Å². The van der Waals surface area contributed by atoms with Crippen molar-refractivity contribution in [1.82, 2.24) is 25.1 Å². The number of nitrogens with zero attached hydrogens (tertiary/aromatic N) is 5. The average molecular weight is 428 g/mol. The van der Waals surface area contributed by atoms with E-state index in [1.165, 1.54) is 50.5 Å². The monoisotopic (exact) mass is 427 g/mol. The van der Waals surface area contributed by atoms with Crippen LogP contribution < -0.4 is 0 Å². The number of hydrogen-bond acceptors (Lipinski definition) is 5. The highest BCUT2D eigenvalue weighted by Crippen LogP contribution is 2.29. The minimum absolute atomic E-state index is 0.127. The molecule has 2 heterocycles. The molecular weight excluding hydrogens is 390 g/mol. The van der Waals surface area contributed by atoms with E-state index in [0.29, 0.717) is 6.42 Å². The van der Waals surface area contributed by atoms with Crippen LogP contribution in [0.2, 0.25) is 0 Å². The van der Waals surface area contributed by atoms with Crippen LogP contribution in [0.25, 0.3) is 0 Å². The van der Waals surface area contributed by atoms with Crippen LogP contribution in [0.1, 0.15) is 94.5 Å². The number of likely N-dealkylation sites (tertiary alicyclic amines) is 1. The SMILES string of the molecule is O=C(O)CCCCCCCCCCn1nnnc1C(c1ccccc1)N1CCCCC1. The lowest BCUT2D eigenvalue weighted by atomic mass is 10.0. The Bertz CT molecular complexity index is 758. The van der Waals surface area contributed by atoms with E-state index in [4.69, 9.17) is 5.11 Å². The molecule has 0 saturated carbocycles. The molecule has 1 N–H and O–H groups in total. The number of aryl methyl sites for hydroxylation is 1. The highest BCUT2D eigenvalue weighted by Gasteiger charge is 2.28. The molecule has 0 bridgehead atoms. The molecule has 0 spiro atoms. The van der Waals surface area contributed by atoms with Crippen molar-refractivity contribution in [3.63, 3.8) is 0 Å². The number of aromatic nitrogens is 4. The summed E-state index contributed by atoms with van der Waals surface area (Å²) in [7, 11) is 0. The summed E-state index contributed by atoms with van der Waals surface area (Å²) in [5.74, 6) is 0.281. The van der Waals surface area contributed by atoms with Crippen LogP contribution in [0.15, 0.2) is 30.3 Å². The quantitative estimate of drug-likeness (QED) is 0.434. The van der Waals surface area contributed by atoms with Crippen LogP contribution in [0.3, 0.4) is 0 Å². The number of benzene rings is 1. The molecule has 1 saturated heterocycles. The molecule has 1 atom stereocenters. The van der Waals surface area contributed by atoms with Gasteiger partial charge < -0.3 is 5.11 Å². The zero-order valence-corrected chi connectivity index (χ0v) is 18.7. The fourth-order valence-corrected chi connectivity index (χ4v) is 4.50. The Kier molecular flexibility index (Phi) is 9.96. The fourth-order valence-electron chi connectivity index (χ4n) is 4.50. The van der Waals surface area contributed by atoms with Crippen molar-refractivity contribution >= 4 is 5.97 Å². The van der Waals surface area contributed by atoms with Crippen LogP contribution in [0.4, 0.5) is 0 Å². The summed E-state index contributed by atoms with van der Waals surface area (Å²) in [6.07, 6.45) is 12.9. The van der Waals surface area contributed by atoms with E-state index >= 15 is 0 Å². The normalized spacial score (nSPS) is 15.7. The summed E-state index contributed by atoms with van der Waals surface area (Å²) in [5.41, 5.74) is 1.27. The third-order valence-electron chi connectivity index (χ3n) is 6.19. The average Bonchev–Trinajstić information content (AvgIpc) is 3.24. The molecule has 1 aliphatic heterocycles. The van der Waals surface area contributed by atoms with Gasteiger partial charge in [-0.25, -0.2) is 4.68 Å². The summed E-state index contributed by atoms with van der Waals surface area (Å²) in [6.45, 7) is 3.05. The minimum atomic E-state index is -0.684. The van der Waals surface area contributed by atoms with Crippen LogP contribution in [0.5, 0.6) is 0 Å². The Morgan fingerprint density at radius 1 is 0.903 bits per heavy atom.